The monoisotopic (exact) mass is 460 g/mol. The summed E-state index contributed by atoms with van der Waals surface area (Å²) in [6.07, 6.45) is 9.86. The van der Waals surface area contributed by atoms with Gasteiger partial charge in [-0.25, -0.2) is 0 Å². The highest BCUT2D eigenvalue weighted by atomic mass is 16.5. The second kappa shape index (κ2) is 11.4. The summed E-state index contributed by atoms with van der Waals surface area (Å²) >= 11 is 0. The number of anilines is 1. The zero-order valence-corrected chi connectivity index (χ0v) is 19.2. The zero-order chi connectivity index (χ0) is 23.8. The maximum absolute atomic E-state index is 11.4. The van der Waals surface area contributed by atoms with Crippen LogP contribution < -0.4 is 20.7 Å². The molecule has 0 spiro atoms. The van der Waals surface area contributed by atoms with E-state index < -0.39 is 12.0 Å². The van der Waals surface area contributed by atoms with Gasteiger partial charge < -0.3 is 31.2 Å². The van der Waals surface area contributed by atoms with Crippen LogP contribution in [0, 0.1) is 5.41 Å². The van der Waals surface area contributed by atoms with Crippen molar-refractivity contribution in [1.29, 1.82) is 5.41 Å². The van der Waals surface area contributed by atoms with E-state index in [1.54, 1.807) is 0 Å². The molecule has 0 bridgehead atoms. The predicted octanol–water partition coefficient (Wildman–Crippen LogP) is 4.59. The number of hydrogen-bond acceptors (Lipinski definition) is 6. The molecule has 5 N–H and O–H groups in total. The van der Waals surface area contributed by atoms with Gasteiger partial charge in [-0.15, -0.1) is 0 Å². The summed E-state index contributed by atoms with van der Waals surface area (Å²) in [5.74, 6) is 0.992. The fourth-order valence-corrected chi connectivity index (χ4v) is 4.35. The first-order chi connectivity index (χ1) is 16.6. The van der Waals surface area contributed by atoms with Crippen LogP contribution in [0.3, 0.4) is 0 Å². The number of carbonyl (C=O) groups is 1. The van der Waals surface area contributed by atoms with E-state index in [4.69, 9.17) is 10.1 Å². The molecule has 2 aliphatic rings. The number of carboxylic acid groups (broad SMARTS) is 1. The number of benzene rings is 2. The standard InChI is InChI=1S/C27H32N4O3/c28-18-21-16-23(34-15-5-9-22-11-10-20-8-4-14-29-27(20)30-22)12-13-24(21)31-25(17-26(32)33)19-6-2-1-3-7-19/h1-3,6-7,10-13,16,18,22,25,28-31H,4-5,8-9,14-15,17H2,(H,32,33). The van der Waals surface area contributed by atoms with Crippen molar-refractivity contribution in [2.75, 3.05) is 18.5 Å². The van der Waals surface area contributed by atoms with Crippen LogP contribution >= 0.6 is 0 Å². The third-order valence-electron chi connectivity index (χ3n) is 6.12. The van der Waals surface area contributed by atoms with Crippen molar-refractivity contribution in [2.45, 2.75) is 44.2 Å². The van der Waals surface area contributed by atoms with Gasteiger partial charge in [0.1, 0.15) is 11.6 Å². The fourth-order valence-electron chi connectivity index (χ4n) is 4.35. The first kappa shape index (κ1) is 23.4. The quantitative estimate of drug-likeness (QED) is 0.248. The Morgan fingerprint density at radius 2 is 2.12 bits per heavy atom. The fraction of sp³-hybridized carbons (Fsp3) is 0.333. The Morgan fingerprint density at radius 3 is 2.91 bits per heavy atom. The first-order valence-electron chi connectivity index (χ1n) is 11.8. The van der Waals surface area contributed by atoms with Crippen molar-refractivity contribution in [1.82, 2.24) is 10.6 Å². The molecule has 2 aliphatic heterocycles. The summed E-state index contributed by atoms with van der Waals surface area (Å²) in [4.78, 5) is 11.4. The molecule has 7 nitrogen and oxygen atoms in total. The van der Waals surface area contributed by atoms with Crippen LogP contribution in [0.15, 0.2) is 72.1 Å². The normalized spacial score (nSPS) is 17.7. The van der Waals surface area contributed by atoms with E-state index in [9.17, 15) is 9.90 Å². The van der Waals surface area contributed by atoms with Crippen LogP contribution in [0.1, 0.15) is 49.3 Å². The van der Waals surface area contributed by atoms with Gasteiger partial charge in [-0.05, 0) is 55.0 Å². The van der Waals surface area contributed by atoms with Gasteiger partial charge in [-0.3, -0.25) is 4.79 Å². The number of ether oxygens (including phenoxy) is 1. The van der Waals surface area contributed by atoms with Gasteiger partial charge in [-0.2, -0.15) is 0 Å². The Kier molecular flexibility index (Phi) is 7.86. The number of nitrogens with one attached hydrogen (secondary N) is 4. The SMILES string of the molecule is N=Cc1cc(OCCCC2C=CC3=C(NCCC3)N2)ccc1NC(CC(=O)O)c1ccccc1. The minimum Gasteiger partial charge on any atom is -0.494 e. The van der Waals surface area contributed by atoms with Crippen LogP contribution in [0.2, 0.25) is 0 Å². The number of dihydropyridines is 1. The third kappa shape index (κ3) is 6.19. The number of allylic oxidation sites excluding steroid dienone is 2. The number of rotatable bonds is 11. The molecule has 0 aromatic heterocycles. The number of hydrogen-bond donors (Lipinski definition) is 5. The lowest BCUT2D eigenvalue weighted by molar-refractivity contribution is -0.137. The largest absolute Gasteiger partial charge is 0.494 e. The highest BCUT2D eigenvalue weighted by molar-refractivity contribution is 5.86. The van der Waals surface area contributed by atoms with Crippen molar-refractivity contribution in [2.24, 2.45) is 0 Å². The van der Waals surface area contributed by atoms with Gasteiger partial charge >= 0.3 is 5.97 Å². The molecular weight excluding hydrogens is 428 g/mol. The van der Waals surface area contributed by atoms with Crippen LogP contribution in [0.25, 0.3) is 0 Å². The summed E-state index contributed by atoms with van der Waals surface area (Å²) < 4.78 is 5.95. The van der Waals surface area contributed by atoms with Crippen molar-refractivity contribution < 1.29 is 14.6 Å². The highest BCUT2D eigenvalue weighted by Gasteiger charge is 2.18. The maximum atomic E-state index is 11.4. The Hall–Kier alpha value is -3.74. The van der Waals surface area contributed by atoms with Crippen LogP contribution in [0.5, 0.6) is 5.75 Å². The van der Waals surface area contributed by atoms with E-state index >= 15 is 0 Å². The number of carboxylic acids is 1. The van der Waals surface area contributed by atoms with Gasteiger partial charge in [0.2, 0.25) is 0 Å². The van der Waals surface area contributed by atoms with E-state index in [1.165, 1.54) is 24.0 Å². The van der Waals surface area contributed by atoms with E-state index in [2.05, 4.69) is 28.1 Å². The van der Waals surface area contributed by atoms with Gasteiger partial charge in [0.25, 0.3) is 0 Å². The third-order valence-corrected chi connectivity index (χ3v) is 6.12. The summed E-state index contributed by atoms with van der Waals surface area (Å²) in [5.41, 5.74) is 3.61. The van der Waals surface area contributed by atoms with Crippen LogP contribution in [-0.4, -0.2) is 36.5 Å². The molecule has 2 heterocycles. The molecule has 34 heavy (non-hydrogen) atoms. The molecule has 2 unspecified atom stereocenters. The highest BCUT2D eigenvalue weighted by Crippen LogP contribution is 2.27. The molecule has 2 atom stereocenters. The van der Waals surface area contributed by atoms with Gasteiger partial charge in [0, 0.05) is 30.1 Å². The van der Waals surface area contributed by atoms with Crippen molar-refractivity contribution >= 4 is 17.9 Å². The minimum absolute atomic E-state index is 0.0583. The lowest BCUT2D eigenvalue weighted by Crippen LogP contribution is -2.39. The van der Waals surface area contributed by atoms with E-state index in [0.29, 0.717) is 29.6 Å². The molecule has 0 fully saturated rings. The minimum atomic E-state index is -0.883. The first-order valence-corrected chi connectivity index (χ1v) is 11.8. The molecule has 0 radical (unpaired) electrons. The smallest absolute Gasteiger partial charge is 0.305 e. The average Bonchev–Trinajstić information content (AvgIpc) is 2.87. The Balaban J connectivity index is 1.31. The summed E-state index contributed by atoms with van der Waals surface area (Å²) in [6, 6.07) is 14.9. The van der Waals surface area contributed by atoms with Gasteiger partial charge in [-0.1, -0.05) is 42.5 Å². The second-order valence-electron chi connectivity index (χ2n) is 8.63. The summed E-state index contributed by atoms with van der Waals surface area (Å²) in [7, 11) is 0. The van der Waals surface area contributed by atoms with E-state index in [-0.39, 0.29) is 6.42 Å². The second-order valence-corrected chi connectivity index (χ2v) is 8.63. The Labute approximate surface area is 200 Å². The summed E-state index contributed by atoms with van der Waals surface area (Å²) in [6.45, 7) is 1.61. The average molecular weight is 461 g/mol. The molecule has 2 aromatic rings. The topological polar surface area (TPSA) is 106 Å². The molecule has 0 saturated heterocycles. The molecule has 0 amide bonds. The molecule has 4 rings (SSSR count). The molecule has 0 aliphatic carbocycles. The molecular formula is C27H32N4O3. The Bertz CT molecular complexity index is 1060. The molecule has 7 heteroatoms. The van der Waals surface area contributed by atoms with Crippen molar-refractivity contribution in [3.05, 3.63) is 83.2 Å². The van der Waals surface area contributed by atoms with Gasteiger partial charge in [0.05, 0.1) is 19.1 Å². The molecule has 0 saturated carbocycles. The Morgan fingerprint density at radius 1 is 1.26 bits per heavy atom. The van der Waals surface area contributed by atoms with Gasteiger partial charge in [0.15, 0.2) is 0 Å². The summed E-state index contributed by atoms with van der Waals surface area (Å²) in [5, 5.41) is 27.5. The van der Waals surface area contributed by atoms with E-state index in [0.717, 1.165) is 31.4 Å². The lowest BCUT2D eigenvalue weighted by atomic mass is 10.00. The molecule has 178 valence electrons. The predicted molar refractivity (Wildman–Crippen MR) is 134 cm³/mol. The maximum Gasteiger partial charge on any atom is 0.305 e. The lowest BCUT2D eigenvalue weighted by Gasteiger charge is -2.29. The van der Waals surface area contributed by atoms with Crippen LogP contribution in [0.4, 0.5) is 5.69 Å². The zero-order valence-electron chi connectivity index (χ0n) is 19.2. The van der Waals surface area contributed by atoms with Crippen LogP contribution in [-0.2, 0) is 4.79 Å². The van der Waals surface area contributed by atoms with E-state index in [1.807, 2.05) is 48.5 Å². The number of aliphatic carboxylic acids is 1. The van der Waals surface area contributed by atoms with Crippen molar-refractivity contribution in [3.63, 3.8) is 0 Å². The molecule has 2 aromatic carbocycles. The van der Waals surface area contributed by atoms with Crippen molar-refractivity contribution in [3.8, 4) is 5.75 Å².